The van der Waals surface area contributed by atoms with Gasteiger partial charge in [-0.1, -0.05) is 6.07 Å². The quantitative estimate of drug-likeness (QED) is 0.533. The summed E-state index contributed by atoms with van der Waals surface area (Å²) >= 11 is 1.33. The van der Waals surface area contributed by atoms with Crippen LogP contribution in [0.2, 0.25) is 0 Å². The van der Waals surface area contributed by atoms with E-state index in [0.717, 1.165) is 0 Å². The molecule has 0 spiro atoms. The van der Waals surface area contributed by atoms with E-state index in [9.17, 15) is 9.36 Å². The number of hydrogen-bond donors (Lipinski definition) is 4. The van der Waals surface area contributed by atoms with Crippen LogP contribution in [0.5, 0.6) is 5.88 Å². The van der Waals surface area contributed by atoms with Crippen molar-refractivity contribution >= 4 is 24.9 Å². The van der Waals surface area contributed by atoms with Crippen LogP contribution in [-0.2, 0) is 15.8 Å². The van der Waals surface area contributed by atoms with Gasteiger partial charge in [-0.3, -0.25) is 9.36 Å². The van der Waals surface area contributed by atoms with Crippen LogP contribution in [0.25, 0.3) is 10.6 Å². The van der Waals surface area contributed by atoms with Crippen LogP contribution in [0.4, 0.5) is 0 Å². The van der Waals surface area contributed by atoms with Gasteiger partial charge < -0.3 is 29.9 Å². The van der Waals surface area contributed by atoms with E-state index in [2.05, 4.69) is 5.16 Å². The van der Waals surface area contributed by atoms with Gasteiger partial charge in [0.05, 0.1) is 10.4 Å². The minimum atomic E-state index is -4.40. The monoisotopic (exact) mass is 348 g/mol. The van der Waals surface area contributed by atoms with E-state index in [1.165, 1.54) is 11.3 Å². The predicted octanol–water partition coefficient (Wildman–Crippen LogP) is 0.871. The number of carbonyl (C=O) groups is 1. The van der Waals surface area contributed by atoms with Gasteiger partial charge in [0.15, 0.2) is 12.1 Å². The van der Waals surface area contributed by atoms with Gasteiger partial charge >= 0.3 is 13.6 Å². The third kappa shape index (κ3) is 4.15. The number of carboxylic acids is 1. The summed E-state index contributed by atoms with van der Waals surface area (Å²) in [7, 11) is -4.40. The van der Waals surface area contributed by atoms with Crippen LogP contribution in [0, 0.1) is 0 Å². The van der Waals surface area contributed by atoms with E-state index in [1.807, 2.05) is 0 Å². The number of nitrogens with zero attached hydrogens (tertiary/aromatic N) is 1. The normalized spacial score (nSPS) is 13.0. The van der Waals surface area contributed by atoms with Crippen LogP contribution in [-0.4, -0.2) is 38.4 Å². The van der Waals surface area contributed by atoms with Crippen LogP contribution in [0.1, 0.15) is 5.56 Å². The van der Waals surface area contributed by atoms with Gasteiger partial charge in [0.2, 0.25) is 0 Å². The summed E-state index contributed by atoms with van der Waals surface area (Å²) in [4.78, 5) is 29.3. The summed E-state index contributed by atoms with van der Waals surface area (Å²) in [6.07, 6.45) is -1.04. The summed E-state index contributed by atoms with van der Waals surface area (Å²) in [5, 5.41) is 14.3. The zero-order valence-corrected chi connectivity index (χ0v) is 12.8. The molecule has 0 fully saturated rings. The Morgan fingerprint density at radius 1 is 1.55 bits per heavy atom. The first-order valence-corrected chi connectivity index (χ1v) is 8.64. The second-order valence-electron chi connectivity index (χ2n) is 4.36. The average molecular weight is 348 g/mol. The highest BCUT2D eigenvalue weighted by molar-refractivity contribution is 7.51. The number of hydrogen-bond acceptors (Lipinski definition) is 7. The summed E-state index contributed by atoms with van der Waals surface area (Å²) in [6.45, 7) is 0. The Morgan fingerprint density at radius 3 is 2.82 bits per heavy atom. The molecule has 22 heavy (non-hydrogen) atoms. The molecule has 2 rings (SSSR count). The molecule has 5 N–H and O–H groups in total. The van der Waals surface area contributed by atoms with Gasteiger partial charge in [0, 0.05) is 6.42 Å². The Hall–Kier alpha value is -1.71. The lowest BCUT2D eigenvalue weighted by molar-refractivity contribution is -0.138. The molecule has 0 radical (unpaired) electrons. The van der Waals surface area contributed by atoms with Crippen LogP contribution >= 0.6 is 18.9 Å². The van der Waals surface area contributed by atoms with Crippen molar-refractivity contribution in [2.75, 3.05) is 6.35 Å². The Morgan fingerprint density at radius 2 is 2.27 bits per heavy atom. The molecule has 0 saturated carbocycles. The molecule has 0 amide bonds. The lowest BCUT2D eigenvalue weighted by Crippen LogP contribution is -2.32. The zero-order chi connectivity index (χ0) is 16.3. The minimum Gasteiger partial charge on any atom is -0.480 e. The lowest BCUT2D eigenvalue weighted by Gasteiger charge is -2.09. The van der Waals surface area contributed by atoms with Crippen molar-refractivity contribution in [3.63, 3.8) is 0 Å². The lowest BCUT2D eigenvalue weighted by atomic mass is 10.1. The largest absolute Gasteiger partial charge is 0.480 e. The number of ether oxygens (including phenoxy) is 1. The van der Waals surface area contributed by atoms with Crippen molar-refractivity contribution in [1.82, 2.24) is 5.16 Å². The summed E-state index contributed by atoms with van der Waals surface area (Å²) in [5.41, 5.74) is 5.76. The topological polar surface area (TPSA) is 156 Å². The Bertz CT molecular complexity index is 693. The first kappa shape index (κ1) is 16.7. The molecular formula is C11H13N2O7PS. The Kier molecular flexibility index (Phi) is 4.99. The first-order valence-electron chi connectivity index (χ1n) is 5.96. The van der Waals surface area contributed by atoms with Gasteiger partial charge in [-0.15, -0.1) is 11.3 Å². The number of aromatic nitrogens is 1. The van der Waals surface area contributed by atoms with Crippen LogP contribution in [0.3, 0.4) is 0 Å². The molecule has 0 aromatic carbocycles. The van der Waals surface area contributed by atoms with E-state index in [-0.39, 0.29) is 23.6 Å². The van der Waals surface area contributed by atoms with Crippen molar-refractivity contribution in [3.05, 3.63) is 23.1 Å². The first-order chi connectivity index (χ1) is 10.3. The maximum absolute atomic E-state index is 10.9. The van der Waals surface area contributed by atoms with Crippen molar-refractivity contribution < 1.29 is 33.5 Å². The molecule has 120 valence electrons. The summed E-state index contributed by atoms with van der Waals surface area (Å²) in [6, 6.07) is 2.27. The number of aliphatic carboxylic acids is 1. The van der Waals surface area contributed by atoms with Gasteiger partial charge in [-0.05, 0) is 16.6 Å². The molecule has 0 bridgehead atoms. The molecule has 9 nitrogen and oxygen atoms in total. The third-order valence-corrected chi connectivity index (χ3v) is 3.94. The second kappa shape index (κ2) is 6.59. The standard InChI is InChI=1S/C11H13N2O7PS/c12-7(11(14)15)4-6-9(8-2-1-3-22-8)20-13-10(6)19-5-21(16,17)18/h1-3,7H,4-5,12H2,(H,14,15)(H2,16,17,18). The number of rotatable bonds is 7. The minimum absolute atomic E-state index is 0.150. The fourth-order valence-electron chi connectivity index (χ4n) is 1.64. The number of nitrogens with two attached hydrogens (primary N) is 1. The number of carboxylic acid groups (broad SMARTS) is 1. The molecule has 2 aromatic heterocycles. The average Bonchev–Trinajstić information content (AvgIpc) is 3.04. The van der Waals surface area contributed by atoms with Crippen molar-refractivity contribution in [1.29, 1.82) is 0 Å². The van der Waals surface area contributed by atoms with E-state index in [0.29, 0.717) is 4.88 Å². The molecule has 0 saturated heterocycles. The third-order valence-electron chi connectivity index (χ3n) is 2.61. The Labute approximate surface area is 128 Å². The van der Waals surface area contributed by atoms with Gasteiger partial charge in [0.25, 0.3) is 5.88 Å². The highest BCUT2D eigenvalue weighted by Crippen LogP contribution is 2.38. The predicted molar refractivity (Wildman–Crippen MR) is 76.7 cm³/mol. The fourth-order valence-corrected chi connectivity index (χ4v) is 2.66. The Balaban J connectivity index is 2.33. The van der Waals surface area contributed by atoms with Crippen molar-refractivity contribution in [3.8, 4) is 16.5 Å². The molecule has 1 atom stereocenters. The van der Waals surface area contributed by atoms with E-state index < -0.39 is 26.0 Å². The van der Waals surface area contributed by atoms with E-state index >= 15 is 0 Å². The molecule has 0 aliphatic heterocycles. The van der Waals surface area contributed by atoms with Crippen molar-refractivity contribution in [2.24, 2.45) is 5.73 Å². The highest BCUT2D eigenvalue weighted by atomic mass is 32.1. The molecule has 1 unspecified atom stereocenters. The fraction of sp³-hybridized carbons (Fsp3) is 0.273. The second-order valence-corrected chi connectivity index (χ2v) is 6.89. The van der Waals surface area contributed by atoms with E-state index in [1.54, 1.807) is 17.5 Å². The van der Waals surface area contributed by atoms with Crippen molar-refractivity contribution in [2.45, 2.75) is 12.5 Å². The molecule has 2 heterocycles. The maximum Gasteiger partial charge on any atom is 0.362 e. The smallest absolute Gasteiger partial charge is 0.362 e. The highest BCUT2D eigenvalue weighted by Gasteiger charge is 2.26. The van der Waals surface area contributed by atoms with Gasteiger partial charge in [0.1, 0.15) is 6.04 Å². The zero-order valence-electron chi connectivity index (χ0n) is 11.1. The molecule has 2 aromatic rings. The van der Waals surface area contributed by atoms with Gasteiger partial charge in [-0.2, -0.15) is 0 Å². The molecular weight excluding hydrogens is 335 g/mol. The molecule has 11 heteroatoms. The summed E-state index contributed by atoms with van der Waals surface area (Å²) in [5.74, 6) is -1.13. The molecule has 0 aliphatic rings. The maximum atomic E-state index is 10.9. The SMILES string of the molecule is NC(Cc1c(OCP(=O)(O)O)noc1-c1cccs1)C(=O)O. The molecule has 0 aliphatic carbocycles. The van der Waals surface area contributed by atoms with E-state index in [4.69, 9.17) is 29.9 Å². The summed E-state index contributed by atoms with van der Waals surface area (Å²) < 4.78 is 20.9. The number of thiophene rings is 1. The van der Waals surface area contributed by atoms with Crippen LogP contribution in [0.15, 0.2) is 22.0 Å². The van der Waals surface area contributed by atoms with Gasteiger partial charge in [-0.25, -0.2) is 0 Å². The van der Waals surface area contributed by atoms with Crippen LogP contribution < -0.4 is 10.5 Å².